The summed E-state index contributed by atoms with van der Waals surface area (Å²) in [4.78, 5) is 32.5. The van der Waals surface area contributed by atoms with E-state index in [0.29, 0.717) is 43.0 Å². The van der Waals surface area contributed by atoms with Crippen molar-refractivity contribution in [3.8, 4) is 22.5 Å². The number of hydrogen-bond donors (Lipinski definition) is 1. The zero-order chi connectivity index (χ0) is 30.2. The van der Waals surface area contributed by atoms with Gasteiger partial charge >= 0.3 is 5.69 Å². The minimum absolute atomic E-state index is 0.0671. The lowest BCUT2D eigenvalue weighted by Crippen LogP contribution is -2.42. The van der Waals surface area contributed by atoms with Crippen LogP contribution in [0.4, 0.5) is 0 Å². The van der Waals surface area contributed by atoms with Crippen LogP contribution in [0.15, 0.2) is 58.1 Å². The Labute approximate surface area is 245 Å². The minimum Gasteiger partial charge on any atom is -0.318 e. The number of hydrogen-bond acceptors (Lipinski definition) is 6. The molecule has 0 radical (unpaired) electrons. The topological polar surface area (TPSA) is 116 Å². The Morgan fingerprint density at radius 3 is 2.07 bits per heavy atom. The van der Waals surface area contributed by atoms with E-state index in [1.165, 1.54) is 4.57 Å². The molecule has 0 saturated carbocycles. The maximum atomic E-state index is 14.0. The predicted octanol–water partition coefficient (Wildman–Crippen LogP) is 5.16. The number of benzene rings is 2. The van der Waals surface area contributed by atoms with Crippen LogP contribution in [0.25, 0.3) is 33.7 Å². The number of fused-ring (bicyclic) bond motifs is 1. The second-order valence-corrected chi connectivity index (χ2v) is 13.1. The first-order chi connectivity index (χ1) is 19.9. The standard InChI is InChI=1S/C32H40N8O2/c1-20(2)17-39-29-27(30(41)40(31(39)42)18-21(3)4)38(26(33-29)16-32(5,6)7)19-22-12-14-23(15-13-22)24-10-8-9-11-25(24)28-34-36-37-35-28/h8-15,20-21H,16-19H2,1-7H3,(H,34,35,36,37). The molecule has 1 N–H and O–H groups in total. The highest BCUT2D eigenvalue weighted by Gasteiger charge is 2.25. The molecule has 5 aromatic rings. The lowest BCUT2D eigenvalue weighted by atomic mass is 9.92. The van der Waals surface area contributed by atoms with Gasteiger partial charge in [0, 0.05) is 31.6 Å². The number of tetrazole rings is 1. The van der Waals surface area contributed by atoms with Gasteiger partial charge in [-0.15, -0.1) is 5.10 Å². The van der Waals surface area contributed by atoms with Gasteiger partial charge in [-0.2, -0.15) is 0 Å². The Kier molecular flexibility index (Phi) is 7.99. The van der Waals surface area contributed by atoms with Crippen molar-refractivity contribution in [2.75, 3.05) is 0 Å². The first kappa shape index (κ1) is 29.2. The number of nitrogens with zero attached hydrogens (tertiary/aromatic N) is 7. The average Bonchev–Trinajstić information content (AvgIpc) is 3.57. The molecule has 10 nitrogen and oxygen atoms in total. The van der Waals surface area contributed by atoms with Crippen LogP contribution < -0.4 is 11.2 Å². The van der Waals surface area contributed by atoms with E-state index in [-0.39, 0.29) is 28.5 Å². The Hall–Kier alpha value is -4.34. The lowest BCUT2D eigenvalue weighted by Gasteiger charge is -2.19. The van der Waals surface area contributed by atoms with E-state index in [4.69, 9.17) is 4.98 Å². The molecule has 0 spiro atoms. The van der Waals surface area contributed by atoms with Crippen LogP contribution in [0.1, 0.15) is 59.9 Å². The third-order valence-electron chi connectivity index (χ3n) is 7.11. The number of H-pyrrole nitrogens is 1. The molecule has 0 amide bonds. The van der Waals surface area contributed by atoms with Crippen molar-refractivity contribution in [2.45, 2.75) is 74.5 Å². The van der Waals surface area contributed by atoms with Crippen molar-refractivity contribution in [3.63, 3.8) is 0 Å². The molecule has 0 atom stereocenters. The molecule has 10 heteroatoms. The molecule has 0 bridgehead atoms. The van der Waals surface area contributed by atoms with Gasteiger partial charge in [0.25, 0.3) is 5.56 Å². The lowest BCUT2D eigenvalue weighted by molar-refractivity contribution is 0.394. The van der Waals surface area contributed by atoms with Gasteiger partial charge in [-0.1, -0.05) is 97.0 Å². The average molecular weight is 569 g/mol. The van der Waals surface area contributed by atoms with Crippen molar-refractivity contribution in [3.05, 3.63) is 80.8 Å². The fraction of sp³-hybridized carbons (Fsp3) is 0.438. The second-order valence-electron chi connectivity index (χ2n) is 13.1. The van der Waals surface area contributed by atoms with Crippen molar-refractivity contribution in [2.24, 2.45) is 17.3 Å². The molecular weight excluding hydrogens is 528 g/mol. The summed E-state index contributed by atoms with van der Waals surface area (Å²) in [6.07, 6.45) is 0.665. The summed E-state index contributed by atoms with van der Waals surface area (Å²) in [6, 6.07) is 16.3. The van der Waals surface area contributed by atoms with E-state index in [2.05, 4.69) is 79.5 Å². The highest BCUT2D eigenvalue weighted by molar-refractivity contribution is 5.80. The van der Waals surface area contributed by atoms with Gasteiger partial charge in [0.15, 0.2) is 17.0 Å². The summed E-state index contributed by atoms with van der Waals surface area (Å²) in [5.41, 5.74) is 4.32. The fourth-order valence-corrected chi connectivity index (χ4v) is 5.36. The van der Waals surface area contributed by atoms with Crippen molar-refractivity contribution >= 4 is 11.2 Å². The SMILES string of the molecule is CC(C)Cn1c(=O)c2c(nc(CC(C)(C)C)n2Cc2ccc(-c3ccccc3-c3nnn[nH]3)cc2)n(CC(C)C)c1=O. The van der Waals surface area contributed by atoms with E-state index in [1.807, 2.05) is 42.7 Å². The zero-order valence-electron chi connectivity index (χ0n) is 25.5. The van der Waals surface area contributed by atoms with Gasteiger partial charge in [0.1, 0.15) is 5.82 Å². The quantitative estimate of drug-likeness (QED) is 0.263. The summed E-state index contributed by atoms with van der Waals surface area (Å²) >= 11 is 0. The van der Waals surface area contributed by atoms with Gasteiger partial charge in [0.05, 0.1) is 0 Å². The molecule has 0 aliphatic heterocycles. The molecule has 42 heavy (non-hydrogen) atoms. The fourth-order valence-electron chi connectivity index (χ4n) is 5.36. The van der Waals surface area contributed by atoms with E-state index in [1.54, 1.807) is 4.57 Å². The Morgan fingerprint density at radius 2 is 1.48 bits per heavy atom. The van der Waals surface area contributed by atoms with Gasteiger partial charge in [-0.25, -0.2) is 14.9 Å². The van der Waals surface area contributed by atoms with Gasteiger partial charge in [-0.05, 0) is 44.4 Å². The third kappa shape index (κ3) is 5.98. The smallest absolute Gasteiger partial charge is 0.318 e. The van der Waals surface area contributed by atoms with Crippen LogP contribution in [-0.2, 0) is 26.1 Å². The van der Waals surface area contributed by atoms with Gasteiger partial charge in [0.2, 0.25) is 0 Å². The molecule has 2 aromatic carbocycles. The normalized spacial score (nSPS) is 12.2. The largest absolute Gasteiger partial charge is 0.332 e. The molecule has 220 valence electrons. The van der Waals surface area contributed by atoms with E-state index in [0.717, 1.165) is 28.1 Å². The maximum absolute atomic E-state index is 14.0. The number of aromatic amines is 1. The molecule has 0 unspecified atom stereocenters. The molecule has 3 heterocycles. The van der Waals surface area contributed by atoms with Crippen LogP contribution in [0.2, 0.25) is 0 Å². The highest BCUT2D eigenvalue weighted by Crippen LogP contribution is 2.30. The molecule has 3 aromatic heterocycles. The molecular formula is C32H40N8O2. The first-order valence-electron chi connectivity index (χ1n) is 14.6. The molecule has 0 fully saturated rings. The van der Waals surface area contributed by atoms with E-state index in [9.17, 15) is 9.59 Å². The molecule has 0 aliphatic rings. The third-order valence-corrected chi connectivity index (χ3v) is 7.11. The monoisotopic (exact) mass is 568 g/mol. The minimum atomic E-state index is -0.285. The van der Waals surface area contributed by atoms with E-state index >= 15 is 0 Å². The van der Waals surface area contributed by atoms with Crippen LogP contribution in [0.5, 0.6) is 0 Å². The summed E-state index contributed by atoms with van der Waals surface area (Å²) in [5.74, 6) is 1.78. The highest BCUT2D eigenvalue weighted by atomic mass is 16.2. The van der Waals surface area contributed by atoms with E-state index < -0.39 is 0 Å². The van der Waals surface area contributed by atoms with Crippen molar-refractivity contribution in [1.29, 1.82) is 0 Å². The predicted molar refractivity (Wildman–Crippen MR) is 165 cm³/mol. The zero-order valence-corrected chi connectivity index (χ0v) is 25.5. The Balaban J connectivity index is 1.64. The Bertz CT molecular complexity index is 1800. The number of aromatic nitrogens is 8. The number of imidazole rings is 1. The van der Waals surface area contributed by atoms with Crippen molar-refractivity contribution < 1.29 is 0 Å². The first-order valence-corrected chi connectivity index (χ1v) is 14.6. The van der Waals surface area contributed by atoms with Crippen LogP contribution in [0, 0.1) is 17.3 Å². The van der Waals surface area contributed by atoms with Crippen LogP contribution >= 0.6 is 0 Å². The van der Waals surface area contributed by atoms with Gasteiger partial charge in [-0.3, -0.25) is 13.9 Å². The number of rotatable bonds is 9. The van der Waals surface area contributed by atoms with Gasteiger partial charge < -0.3 is 4.57 Å². The van der Waals surface area contributed by atoms with Crippen LogP contribution in [0.3, 0.4) is 0 Å². The summed E-state index contributed by atoms with van der Waals surface area (Å²) < 4.78 is 5.12. The summed E-state index contributed by atoms with van der Waals surface area (Å²) in [7, 11) is 0. The summed E-state index contributed by atoms with van der Waals surface area (Å²) in [6.45, 7) is 16.0. The maximum Gasteiger partial charge on any atom is 0.332 e. The summed E-state index contributed by atoms with van der Waals surface area (Å²) in [5, 5.41) is 14.4. The molecule has 0 aliphatic carbocycles. The molecule has 0 saturated heterocycles. The van der Waals surface area contributed by atoms with Crippen molar-refractivity contribution in [1.82, 2.24) is 39.3 Å². The molecule has 5 rings (SSSR count). The Morgan fingerprint density at radius 1 is 0.833 bits per heavy atom. The number of nitrogens with one attached hydrogen (secondary N) is 1. The second kappa shape index (κ2) is 11.5. The van der Waals surface area contributed by atoms with Crippen LogP contribution in [-0.4, -0.2) is 39.3 Å².